The molecule has 0 aliphatic carbocycles. The standard InChI is InChI=1S/C13H22N2O6/c1-2-6-21-9-4-3-5-15(8-9)13(20)14-10(12(18)19)7-11(16)17/h9-10H,2-8H2,1H3,(H,14,20)(H,16,17)(H,18,19)/t9?,10-/m0/s1. The number of urea groups is 1. The molecular formula is C13H22N2O6. The lowest BCUT2D eigenvalue weighted by molar-refractivity contribution is -0.145. The van der Waals surface area contributed by atoms with E-state index in [1.807, 2.05) is 6.92 Å². The number of carboxylic acid groups (broad SMARTS) is 2. The van der Waals surface area contributed by atoms with E-state index in [2.05, 4.69) is 5.32 Å². The molecule has 2 amide bonds. The van der Waals surface area contributed by atoms with Crippen molar-refractivity contribution < 1.29 is 29.3 Å². The molecule has 8 nitrogen and oxygen atoms in total. The molecule has 120 valence electrons. The number of likely N-dealkylation sites (tertiary alicyclic amines) is 1. The van der Waals surface area contributed by atoms with Crippen molar-refractivity contribution in [1.29, 1.82) is 0 Å². The van der Waals surface area contributed by atoms with Crippen LogP contribution in [0.4, 0.5) is 4.79 Å². The molecule has 0 aromatic heterocycles. The summed E-state index contributed by atoms with van der Waals surface area (Å²) in [5, 5.41) is 19.8. The average Bonchev–Trinajstić information content (AvgIpc) is 2.44. The maximum Gasteiger partial charge on any atom is 0.326 e. The number of piperidine rings is 1. The van der Waals surface area contributed by atoms with Crippen molar-refractivity contribution >= 4 is 18.0 Å². The predicted molar refractivity (Wildman–Crippen MR) is 73.0 cm³/mol. The quantitative estimate of drug-likeness (QED) is 0.631. The fourth-order valence-corrected chi connectivity index (χ4v) is 2.16. The summed E-state index contributed by atoms with van der Waals surface area (Å²) >= 11 is 0. The number of carboxylic acids is 2. The molecule has 0 radical (unpaired) electrons. The minimum atomic E-state index is -1.42. The third-order valence-electron chi connectivity index (χ3n) is 3.20. The number of amides is 2. The third-order valence-corrected chi connectivity index (χ3v) is 3.20. The van der Waals surface area contributed by atoms with Gasteiger partial charge < -0.3 is 25.2 Å². The van der Waals surface area contributed by atoms with Crippen LogP contribution in [-0.2, 0) is 14.3 Å². The van der Waals surface area contributed by atoms with Gasteiger partial charge >= 0.3 is 18.0 Å². The van der Waals surface area contributed by atoms with Crippen LogP contribution in [0.1, 0.15) is 32.6 Å². The highest BCUT2D eigenvalue weighted by Gasteiger charge is 2.28. The van der Waals surface area contributed by atoms with Gasteiger partial charge in [0, 0.05) is 19.7 Å². The number of hydrogen-bond donors (Lipinski definition) is 3. The van der Waals surface area contributed by atoms with Crippen molar-refractivity contribution in [2.24, 2.45) is 0 Å². The minimum Gasteiger partial charge on any atom is -0.481 e. The first-order valence-electron chi connectivity index (χ1n) is 7.05. The summed E-state index contributed by atoms with van der Waals surface area (Å²) in [4.78, 5) is 35.0. The Bertz CT molecular complexity index is 387. The van der Waals surface area contributed by atoms with Crippen LogP contribution in [0.25, 0.3) is 0 Å². The van der Waals surface area contributed by atoms with Crippen molar-refractivity contribution in [2.75, 3.05) is 19.7 Å². The van der Waals surface area contributed by atoms with E-state index >= 15 is 0 Å². The molecule has 3 N–H and O–H groups in total. The van der Waals surface area contributed by atoms with Gasteiger partial charge in [0.05, 0.1) is 12.5 Å². The maximum atomic E-state index is 12.0. The lowest BCUT2D eigenvalue weighted by Crippen LogP contribution is -2.52. The molecule has 0 aromatic carbocycles. The molecule has 0 bridgehead atoms. The van der Waals surface area contributed by atoms with Crippen LogP contribution in [0, 0.1) is 0 Å². The first-order chi connectivity index (χ1) is 9.93. The van der Waals surface area contributed by atoms with Crippen molar-refractivity contribution in [3.63, 3.8) is 0 Å². The van der Waals surface area contributed by atoms with Crippen LogP contribution in [0.3, 0.4) is 0 Å². The molecule has 21 heavy (non-hydrogen) atoms. The van der Waals surface area contributed by atoms with Crippen LogP contribution in [0.5, 0.6) is 0 Å². The molecule has 1 fully saturated rings. The van der Waals surface area contributed by atoms with E-state index in [4.69, 9.17) is 14.9 Å². The number of nitrogens with one attached hydrogen (secondary N) is 1. The molecular weight excluding hydrogens is 280 g/mol. The van der Waals surface area contributed by atoms with Gasteiger partial charge in [0.15, 0.2) is 0 Å². The van der Waals surface area contributed by atoms with E-state index < -0.39 is 30.4 Å². The molecule has 1 heterocycles. The van der Waals surface area contributed by atoms with Crippen LogP contribution in [0.2, 0.25) is 0 Å². The Labute approximate surface area is 123 Å². The highest BCUT2D eigenvalue weighted by Crippen LogP contribution is 2.14. The number of carbonyl (C=O) groups is 3. The third kappa shape index (κ3) is 5.99. The van der Waals surface area contributed by atoms with E-state index in [9.17, 15) is 14.4 Å². The van der Waals surface area contributed by atoms with E-state index in [0.29, 0.717) is 19.7 Å². The van der Waals surface area contributed by atoms with Crippen LogP contribution >= 0.6 is 0 Å². The van der Waals surface area contributed by atoms with E-state index in [0.717, 1.165) is 19.3 Å². The van der Waals surface area contributed by atoms with Crippen LogP contribution < -0.4 is 5.32 Å². The lowest BCUT2D eigenvalue weighted by Gasteiger charge is -2.33. The topological polar surface area (TPSA) is 116 Å². The van der Waals surface area contributed by atoms with Gasteiger partial charge in [-0.1, -0.05) is 6.92 Å². The first kappa shape index (κ1) is 17.2. The monoisotopic (exact) mass is 302 g/mol. The summed E-state index contributed by atoms with van der Waals surface area (Å²) in [5.41, 5.74) is 0. The molecule has 0 spiro atoms. The van der Waals surface area contributed by atoms with Crippen LogP contribution in [-0.4, -0.2) is 64.9 Å². The van der Waals surface area contributed by atoms with E-state index in [1.165, 1.54) is 4.90 Å². The lowest BCUT2D eigenvalue weighted by atomic mass is 10.1. The summed E-state index contributed by atoms with van der Waals surface area (Å²) in [5.74, 6) is -2.63. The number of nitrogens with zero attached hydrogens (tertiary/aromatic N) is 1. The second-order valence-electron chi connectivity index (χ2n) is 5.02. The minimum absolute atomic E-state index is 0.0489. The number of ether oxygens (including phenoxy) is 1. The zero-order chi connectivity index (χ0) is 15.8. The fraction of sp³-hybridized carbons (Fsp3) is 0.769. The van der Waals surface area contributed by atoms with Gasteiger partial charge in [0.25, 0.3) is 0 Å². The first-order valence-corrected chi connectivity index (χ1v) is 7.05. The van der Waals surface area contributed by atoms with Crippen molar-refractivity contribution in [3.05, 3.63) is 0 Å². The smallest absolute Gasteiger partial charge is 0.326 e. The van der Waals surface area contributed by atoms with E-state index in [-0.39, 0.29) is 6.10 Å². The molecule has 1 aliphatic heterocycles. The van der Waals surface area contributed by atoms with Gasteiger partial charge in [-0.2, -0.15) is 0 Å². The number of hydrogen-bond acceptors (Lipinski definition) is 4. The van der Waals surface area contributed by atoms with Crippen molar-refractivity contribution in [3.8, 4) is 0 Å². The molecule has 1 unspecified atom stereocenters. The summed E-state index contributed by atoms with van der Waals surface area (Å²) in [7, 11) is 0. The van der Waals surface area contributed by atoms with Gasteiger partial charge in [0.2, 0.25) is 0 Å². The molecule has 1 saturated heterocycles. The predicted octanol–water partition coefficient (Wildman–Crippen LogP) is 0.515. The Morgan fingerprint density at radius 1 is 1.38 bits per heavy atom. The molecule has 1 aliphatic rings. The average molecular weight is 302 g/mol. The normalized spacial score (nSPS) is 19.9. The second kappa shape index (κ2) is 8.46. The molecule has 8 heteroatoms. The zero-order valence-corrected chi connectivity index (χ0v) is 12.1. The number of carbonyl (C=O) groups excluding carboxylic acids is 1. The molecule has 0 aromatic rings. The summed E-state index contributed by atoms with van der Waals surface area (Å²) < 4.78 is 5.60. The summed E-state index contributed by atoms with van der Waals surface area (Å²) in [6.07, 6.45) is 1.83. The second-order valence-corrected chi connectivity index (χ2v) is 5.02. The Kier molecular flexibility index (Phi) is 6.93. The van der Waals surface area contributed by atoms with Gasteiger partial charge in [-0.05, 0) is 19.3 Å². The highest BCUT2D eigenvalue weighted by molar-refractivity contribution is 5.86. The largest absolute Gasteiger partial charge is 0.481 e. The van der Waals surface area contributed by atoms with Crippen molar-refractivity contribution in [2.45, 2.75) is 44.8 Å². The summed E-state index contributed by atoms with van der Waals surface area (Å²) in [6.45, 7) is 3.52. The highest BCUT2D eigenvalue weighted by atomic mass is 16.5. The Morgan fingerprint density at radius 2 is 2.10 bits per heavy atom. The maximum absolute atomic E-state index is 12.0. The molecule has 2 atom stereocenters. The zero-order valence-electron chi connectivity index (χ0n) is 12.1. The van der Waals surface area contributed by atoms with Gasteiger partial charge in [-0.3, -0.25) is 4.79 Å². The molecule has 0 saturated carbocycles. The molecule has 1 rings (SSSR count). The van der Waals surface area contributed by atoms with Crippen LogP contribution in [0.15, 0.2) is 0 Å². The van der Waals surface area contributed by atoms with Gasteiger partial charge in [-0.15, -0.1) is 0 Å². The Morgan fingerprint density at radius 3 is 2.67 bits per heavy atom. The number of aliphatic carboxylic acids is 2. The van der Waals surface area contributed by atoms with Gasteiger partial charge in [-0.25, -0.2) is 9.59 Å². The Balaban J connectivity index is 2.52. The van der Waals surface area contributed by atoms with Crippen molar-refractivity contribution in [1.82, 2.24) is 10.2 Å². The van der Waals surface area contributed by atoms with E-state index in [1.54, 1.807) is 0 Å². The summed E-state index contributed by atoms with van der Waals surface area (Å²) in [6, 6.07) is -1.99. The SMILES string of the molecule is CCCOC1CCCN(C(=O)N[C@@H](CC(=O)O)C(=O)O)C1. The Hall–Kier alpha value is -1.83. The number of rotatable bonds is 7. The van der Waals surface area contributed by atoms with Gasteiger partial charge in [0.1, 0.15) is 6.04 Å². The fourth-order valence-electron chi connectivity index (χ4n) is 2.16.